The van der Waals surface area contributed by atoms with Crippen LogP contribution in [0.5, 0.6) is 0 Å². The van der Waals surface area contributed by atoms with Gasteiger partial charge >= 0.3 is 0 Å². The summed E-state index contributed by atoms with van der Waals surface area (Å²) in [5.74, 6) is -0.945. The number of rotatable bonds is 5. The third kappa shape index (κ3) is 5.49. The van der Waals surface area contributed by atoms with Crippen molar-refractivity contribution in [1.29, 1.82) is 0 Å². The minimum Gasteiger partial charge on any atom is -0.326 e. The molecule has 3 rings (SSSR count). The summed E-state index contributed by atoms with van der Waals surface area (Å²) in [4.78, 5) is 40.0. The summed E-state index contributed by atoms with van der Waals surface area (Å²) in [6.07, 6.45) is 1.42. The number of carbonyl (C=O) groups is 3. The molecule has 2 aromatic carbocycles. The second-order valence-corrected chi connectivity index (χ2v) is 6.46. The number of hydrogen-bond donors (Lipinski definition) is 3. The van der Waals surface area contributed by atoms with Gasteiger partial charge in [0.25, 0.3) is 11.8 Å². The molecule has 3 amide bonds. The molecule has 0 fully saturated rings. The molecule has 0 aliphatic carbocycles. The van der Waals surface area contributed by atoms with Crippen molar-refractivity contribution in [2.75, 3.05) is 16.0 Å². The zero-order valence-corrected chi connectivity index (χ0v) is 16.0. The summed E-state index contributed by atoms with van der Waals surface area (Å²) in [6.45, 7) is 3.38. The zero-order valence-electron chi connectivity index (χ0n) is 16.0. The number of aryl methyl sites for hydroxylation is 1. The number of aromatic nitrogens is 1. The molecule has 0 aliphatic heterocycles. The van der Waals surface area contributed by atoms with Crippen LogP contribution >= 0.6 is 0 Å². The molecule has 0 aliphatic rings. The Kier molecular flexibility index (Phi) is 5.99. The molecule has 7 nitrogen and oxygen atoms in total. The molecule has 0 bridgehead atoms. The maximum atomic E-state index is 12.5. The van der Waals surface area contributed by atoms with Gasteiger partial charge in [0.05, 0.1) is 0 Å². The average molecular weight is 388 g/mol. The van der Waals surface area contributed by atoms with Crippen molar-refractivity contribution in [2.45, 2.75) is 13.8 Å². The second kappa shape index (κ2) is 8.79. The molecule has 0 atom stereocenters. The van der Waals surface area contributed by atoms with Gasteiger partial charge in [-0.3, -0.25) is 19.4 Å². The fraction of sp³-hybridized carbons (Fsp3) is 0.0909. The first-order valence-corrected chi connectivity index (χ1v) is 8.94. The van der Waals surface area contributed by atoms with Crippen LogP contribution in [0.25, 0.3) is 0 Å². The number of nitrogens with one attached hydrogen (secondary N) is 3. The molecule has 1 heterocycles. The highest BCUT2D eigenvalue weighted by molar-refractivity contribution is 6.07. The highest BCUT2D eigenvalue weighted by Gasteiger charge is 2.12. The van der Waals surface area contributed by atoms with Crippen molar-refractivity contribution >= 4 is 34.8 Å². The molecule has 29 heavy (non-hydrogen) atoms. The van der Waals surface area contributed by atoms with E-state index in [0.29, 0.717) is 22.6 Å². The van der Waals surface area contributed by atoms with E-state index in [2.05, 4.69) is 20.9 Å². The Labute approximate surface area is 168 Å². The smallest absolute Gasteiger partial charge is 0.274 e. The normalized spacial score (nSPS) is 10.1. The Balaban J connectivity index is 1.68. The van der Waals surface area contributed by atoms with Crippen molar-refractivity contribution in [3.63, 3.8) is 0 Å². The molecule has 7 heteroatoms. The number of benzene rings is 2. The van der Waals surface area contributed by atoms with Crippen molar-refractivity contribution in [2.24, 2.45) is 0 Å². The molecule has 0 saturated carbocycles. The summed E-state index contributed by atoms with van der Waals surface area (Å²) in [6, 6.07) is 17.1. The van der Waals surface area contributed by atoms with E-state index in [0.717, 1.165) is 5.56 Å². The van der Waals surface area contributed by atoms with E-state index in [-0.39, 0.29) is 17.5 Å². The molecular weight excluding hydrogens is 368 g/mol. The Morgan fingerprint density at radius 2 is 1.24 bits per heavy atom. The monoisotopic (exact) mass is 388 g/mol. The minimum absolute atomic E-state index is 0.118. The van der Waals surface area contributed by atoms with E-state index in [1.165, 1.54) is 19.2 Å². The highest BCUT2D eigenvalue weighted by Crippen LogP contribution is 2.15. The molecule has 1 aromatic heterocycles. The Morgan fingerprint density at radius 1 is 0.724 bits per heavy atom. The minimum atomic E-state index is -0.442. The van der Waals surface area contributed by atoms with Gasteiger partial charge in [-0.15, -0.1) is 0 Å². The lowest BCUT2D eigenvalue weighted by Gasteiger charge is -2.08. The van der Waals surface area contributed by atoms with Gasteiger partial charge in [-0.05, 0) is 55.5 Å². The van der Waals surface area contributed by atoms with Gasteiger partial charge < -0.3 is 16.0 Å². The van der Waals surface area contributed by atoms with Crippen LogP contribution in [0.1, 0.15) is 33.3 Å². The largest absolute Gasteiger partial charge is 0.326 e. The topological polar surface area (TPSA) is 100 Å². The van der Waals surface area contributed by atoms with Gasteiger partial charge in [0.1, 0.15) is 5.69 Å². The first-order chi connectivity index (χ1) is 13.9. The predicted molar refractivity (Wildman–Crippen MR) is 112 cm³/mol. The summed E-state index contributed by atoms with van der Waals surface area (Å²) in [5, 5.41) is 8.16. The Bertz CT molecular complexity index is 1040. The molecule has 0 saturated heterocycles. The van der Waals surface area contributed by atoms with Crippen LogP contribution in [0.4, 0.5) is 17.1 Å². The first-order valence-electron chi connectivity index (χ1n) is 8.94. The number of amides is 3. The quantitative estimate of drug-likeness (QED) is 0.618. The molecular formula is C22H20N4O3. The first kappa shape index (κ1) is 19.8. The second-order valence-electron chi connectivity index (χ2n) is 6.46. The van der Waals surface area contributed by atoms with Crippen molar-refractivity contribution < 1.29 is 14.4 Å². The van der Waals surface area contributed by atoms with Crippen LogP contribution in [-0.4, -0.2) is 22.7 Å². The third-order valence-corrected chi connectivity index (χ3v) is 4.03. The predicted octanol–water partition coefficient (Wildman–Crippen LogP) is 3.85. The Morgan fingerprint density at radius 3 is 1.83 bits per heavy atom. The highest BCUT2D eigenvalue weighted by atomic mass is 16.2. The standard InChI is InChI=1S/C22H20N4O3/c1-14-3-5-18(6-4-14)25-21(28)16-11-12-23-20(13-16)22(29)26-19-9-7-17(8-10-19)24-15(2)27/h3-13H,1-2H3,(H,24,27)(H,25,28)(H,26,29). The van der Waals surface area contributed by atoms with Gasteiger partial charge in [0.15, 0.2) is 0 Å². The van der Waals surface area contributed by atoms with Crippen LogP contribution in [0.2, 0.25) is 0 Å². The van der Waals surface area contributed by atoms with Gasteiger partial charge in [-0.2, -0.15) is 0 Å². The van der Waals surface area contributed by atoms with Crippen LogP contribution in [0.3, 0.4) is 0 Å². The molecule has 3 N–H and O–H groups in total. The summed E-state index contributed by atoms with van der Waals surface area (Å²) >= 11 is 0. The molecule has 0 unspecified atom stereocenters. The van der Waals surface area contributed by atoms with E-state index in [1.54, 1.807) is 30.3 Å². The van der Waals surface area contributed by atoms with Crippen LogP contribution in [-0.2, 0) is 4.79 Å². The van der Waals surface area contributed by atoms with Crippen molar-refractivity contribution in [3.8, 4) is 0 Å². The van der Waals surface area contributed by atoms with Gasteiger partial charge in [0.2, 0.25) is 5.91 Å². The lowest BCUT2D eigenvalue weighted by atomic mass is 10.2. The fourth-order valence-electron chi connectivity index (χ4n) is 2.57. The number of anilines is 3. The van der Waals surface area contributed by atoms with Crippen LogP contribution in [0, 0.1) is 6.92 Å². The number of carbonyl (C=O) groups excluding carboxylic acids is 3. The molecule has 146 valence electrons. The third-order valence-electron chi connectivity index (χ3n) is 4.03. The average Bonchev–Trinajstić information content (AvgIpc) is 2.71. The Hall–Kier alpha value is -4.00. The SMILES string of the molecule is CC(=O)Nc1ccc(NC(=O)c2cc(C(=O)Nc3ccc(C)cc3)ccn2)cc1. The summed E-state index contributed by atoms with van der Waals surface area (Å²) < 4.78 is 0. The van der Waals surface area contributed by atoms with E-state index in [9.17, 15) is 14.4 Å². The van der Waals surface area contributed by atoms with Crippen molar-refractivity contribution in [3.05, 3.63) is 83.7 Å². The maximum absolute atomic E-state index is 12.5. The van der Waals surface area contributed by atoms with Crippen molar-refractivity contribution in [1.82, 2.24) is 4.98 Å². The number of hydrogen-bond acceptors (Lipinski definition) is 4. The van der Waals surface area contributed by atoms with E-state index < -0.39 is 5.91 Å². The van der Waals surface area contributed by atoms with E-state index in [4.69, 9.17) is 0 Å². The zero-order chi connectivity index (χ0) is 20.8. The summed E-state index contributed by atoms with van der Waals surface area (Å²) in [5.41, 5.74) is 3.38. The number of pyridine rings is 1. The summed E-state index contributed by atoms with van der Waals surface area (Å²) in [7, 11) is 0. The fourth-order valence-corrected chi connectivity index (χ4v) is 2.57. The molecule has 0 radical (unpaired) electrons. The lowest BCUT2D eigenvalue weighted by Crippen LogP contribution is -2.17. The number of nitrogens with zero attached hydrogens (tertiary/aromatic N) is 1. The van der Waals surface area contributed by atoms with E-state index in [1.807, 2.05) is 31.2 Å². The van der Waals surface area contributed by atoms with Crippen LogP contribution < -0.4 is 16.0 Å². The van der Waals surface area contributed by atoms with Gasteiger partial charge in [0, 0.05) is 35.7 Å². The molecule has 0 spiro atoms. The molecule has 3 aromatic rings. The van der Waals surface area contributed by atoms with Gasteiger partial charge in [-0.25, -0.2) is 0 Å². The lowest BCUT2D eigenvalue weighted by molar-refractivity contribution is -0.114. The van der Waals surface area contributed by atoms with E-state index >= 15 is 0 Å². The van der Waals surface area contributed by atoms with Crippen LogP contribution in [0.15, 0.2) is 66.9 Å². The maximum Gasteiger partial charge on any atom is 0.274 e. The van der Waals surface area contributed by atoms with Gasteiger partial charge in [-0.1, -0.05) is 17.7 Å².